The number of methoxy groups -OCH3 is 1. The standard InChI is InChI=1S/C10H7Br2NO2S2/c1-4-5(11)3-6(16-4)8-7(9(14)15-2)13-10(12)17-8/h3H,1-2H3. The Bertz CT molecular complexity index is 557. The molecule has 0 aliphatic heterocycles. The van der Waals surface area contributed by atoms with Gasteiger partial charge >= 0.3 is 5.97 Å². The van der Waals surface area contributed by atoms with Crippen molar-refractivity contribution in [2.45, 2.75) is 6.92 Å². The summed E-state index contributed by atoms with van der Waals surface area (Å²) in [5, 5.41) is 0. The zero-order valence-electron chi connectivity index (χ0n) is 8.91. The lowest BCUT2D eigenvalue weighted by molar-refractivity contribution is 0.0595. The Labute approximate surface area is 123 Å². The van der Waals surface area contributed by atoms with Crippen LogP contribution in [-0.4, -0.2) is 18.1 Å². The second-order valence-electron chi connectivity index (χ2n) is 3.15. The largest absolute Gasteiger partial charge is 0.464 e. The van der Waals surface area contributed by atoms with E-state index in [0.717, 1.165) is 14.2 Å². The molecule has 2 rings (SSSR count). The van der Waals surface area contributed by atoms with Crippen molar-refractivity contribution in [3.8, 4) is 9.75 Å². The van der Waals surface area contributed by atoms with Gasteiger partial charge in [-0.05, 0) is 44.8 Å². The normalized spacial score (nSPS) is 10.6. The summed E-state index contributed by atoms with van der Waals surface area (Å²) in [7, 11) is 1.36. The molecule has 2 aromatic rings. The van der Waals surface area contributed by atoms with E-state index in [-0.39, 0.29) is 0 Å². The first-order valence-electron chi connectivity index (χ1n) is 4.54. The number of halogens is 2. The molecule has 3 nitrogen and oxygen atoms in total. The fourth-order valence-electron chi connectivity index (χ4n) is 1.27. The first-order chi connectivity index (χ1) is 8.02. The van der Waals surface area contributed by atoms with Gasteiger partial charge in [-0.25, -0.2) is 9.78 Å². The van der Waals surface area contributed by atoms with Gasteiger partial charge in [-0.1, -0.05) is 0 Å². The lowest BCUT2D eigenvalue weighted by Crippen LogP contribution is -2.02. The number of carbonyl (C=O) groups excluding carboxylic acids is 1. The van der Waals surface area contributed by atoms with Crippen molar-refractivity contribution in [3.05, 3.63) is 25.0 Å². The van der Waals surface area contributed by atoms with Crippen LogP contribution in [0.5, 0.6) is 0 Å². The van der Waals surface area contributed by atoms with Crippen molar-refractivity contribution < 1.29 is 9.53 Å². The van der Waals surface area contributed by atoms with E-state index in [9.17, 15) is 4.79 Å². The maximum atomic E-state index is 11.6. The molecule has 0 spiro atoms. The van der Waals surface area contributed by atoms with Gasteiger partial charge in [0.05, 0.1) is 12.0 Å². The molecule has 0 N–H and O–H groups in total. The number of carbonyl (C=O) groups is 1. The highest BCUT2D eigenvalue weighted by atomic mass is 79.9. The minimum absolute atomic E-state index is 0.359. The third-order valence-corrected chi connectivity index (χ3v) is 5.88. The number of aromatic nitrogens is 1. The number of nitrogens with zero attached hydrogens (tertiary/aromatic N) is 1. The highest BCUT2D eigenvalue weighted by molar-refractivity contribution is 9.11. The van der Waals surface area contributed by atoms with E-state index in [4.69, 9.17) is 4.74 Å². The molecule has 0 aliphatic carbocycles. The van der Waals surface area contributed by atoms with Gasteiger partial charge in [0.15, 0.2) is 9.61 Å². The molecule has 17 heavy (non-hydrogen) atoms. The SMILES string of the molecule is COC(=O)c1nc(Br)sc1-c1cc(Br)c(C)s1. The van der Waals surface area contributed by atoms with Crippen molar-refractivity contribution in [3.63, 3.8) is 0 Å². The number of aryl methyl sites for hydroxylation is 1. The van der Waals surface area contributed by atoms with Gasteiger partial charge in [-0.2, -0.15) is 0 Å². The number of hydrogen-bond donors (Lipinski definition) is 0. The predicted molar refractivity (Wildman–Crippen MR) is 76.9 cm³/mol. The topological polar surface area (TPSA) is 39.2 Å². The van der Waals surface area contributed by atoms with Gasteiger partial charge in [0.25, 0.3) is 0 Å². The third kappa shape index (κ3) is 2.62. The molecule has 0 aliphatic rings. The quantitative estimate of drug-likeness (QED) is 0.702. The molecule has 7 heteroatoms. The van der Waals surface area contributed by atoms with E-state index >= 15 is 0 Å². The molecule has 0 amide bonds. The molecule has 0 bridgehead atoms. The van der Waals surface area contributed by atoms with Crippen molar-refractivity contribution in [1.29, 1.82) is 0 Å². The molecule has 0 saturated heterocycles. The number of thiazole rings is 1. The van der Waals surface area contributed by atoms with Crippen LogP contribution in [0.2, 0.25) is 0 Å². The monoisotopic (exact) mass is 395 g/mol. The van der Waals surface area contributed by atoms with E-state index in [1.54, 1.807) is 11.3 Å². The van der Waals surface area contributed by atoms with E-state index in [0.29, 0.717) is 9.61 Å². The van der Waals surface area contributed by atoms with Crippen molar-refractivity contribution >= 4 is 60.5 Å². The Morgan fingerprint density at radius 2 is 2.12 bits per heavy atom. The van der Waals surface area contributed by atoms with Gasteiger partial charge in [-0.3, -0.25) is 0 Å². The van der Waals surface area contributed by atoms with E-state index < -0.39 is 5.97 Å². The molecule has 0 saturated carbocycles. The molecule has 90 valence electrons. The van der Waals surface area contributed by atoms with E-state index in [2.05, 4.69) is 36.8 Å². The second kappa shape index (κ2) is 5.17. The maximum Gasteiger partial charge on any atom is 0.358 e. The fourth-order valence-corrected chi connectivity index (χ4v) is 4.35. The van der Waals surface area contributed by atoms with Gasteiger partial charge in [-0.15, -0.1) is 22.7 Å². The van der Waals surface area contributed by atoms with Crippen molar-refractivity contribution in [2.75, 3.05) is 7.11 Å². The van der Waals surface area contributed by atoms with Gasteiger partial charge in [0, 0.05) is 14.2 Å². The van der Waals surface area contributed by atoms with Crippen LogP contribution in [0.4, 0.5) is 0 Å². The molecule has 0 fully saturated rings. The predicted octanol–water partition coefficient (Wildman–Crippen LogP) is 4.49. The summed E-state index contributed by atoms with van der Waals surface area (Å²) >= 11 is 9.81. The summed E-state index contributed by atoms with van der Waals surface area (Å²) in [6.45, 7) is 2.02. The Morgan fingerprint density at radius 1 is 1.41 bits per heavy atom. The molecule has 0 radical (unpaired) electrons. The van der Waals surface area contributed by atoms with E-state index in [1.165, 1.54) is 23.3 Å². The number of ether oxygens (including phenoxy) is 1. The van der Waals surface area contributed by atoms with Crippen LogP contribution in [-0.2, 0) is 4.74 Å². The molecule has 0 atom stereocenters. The zero-order chi connectivity index (χ0) is 12.6. The molecular formula is C10H7Br2NO2S2. The fraction of sp³-hybridized carbons (Fsp3) is 0.200. The van der Waals surface area contributed by atoms with Crippen LogP contribution in [0, 0.1) is 6.92 Å². The summed E-state index contributed by atoms with van der Waals surface area (Å²) in [6.07, 6.45) is 0. The Morgan fingerprint density at radius 3 is 2.65 bits per heavy atom. The van der Waals surface area contributed by atoms with Crippen LogP contribution < -0.4 is 0 Å². The minimum atomic E-state index is -0.413. The molecule has 2 aromatic heterocycles. The number of thiophene rings is 1. The smallest absolute Gasteiger partial charge is 0.358 e. The Kier molecular flexibility index (Phi) is 4.02. The third-order valence-electron chi connectivity index (χ3n) is 2.06. The minimum Gasteiger partial charge on any atom is -0.464 e. The first-order valence-corrected chi connectivity index (χ1v) is 7.75. The highest BCUT2D eigenvalue weighted by Crippen LogP contribution is 2.40. The lowest BCUT2D eigenvalue weighted by atomic mass is 10.3. The van der Waals surface area contributed by atoms with Crippen LogP contribution in [0.15, 0.2) is 14.5 Å². The average Bonchev–Trinajstić information content (AvgIpc) is 2.82. The molecule has 0 aromatic carbocycles. The van der Waals surface area contributed by atoms with Gasteiger partial charge in [0.1, 0.15) is 0 Å². The Balaban J connectivity index is 2.55. The molecular weight excluding hydrogens is 390 g/mol. The molecule has 0 unspecified atom stereocenters. The summed E-state index contributed by atoms with van der Waals surface area (Å²) in [5.74, 6) is -0.413. The van der Waals surface area contributed by atoms with Crippen molar-refractivity contribution in [1.82, 2.24) is 4.98 Å². The summed E-state index contributed by atoms with van der Waals surface area (Å²) < 4.78 is 6.44. The second-order valence-corrected chi connectivity index (χ2v) is 7.54. The summed E-state index contributed by atoms with van der Waals surface area (Å²) in [6, 6.07) is 1.99. The van der Waals surface area contributed by atoms with Crippen molar-refractivity contribution in [2.24, 2.45) is 0 Å². The average molecular weight is 397 g/mol. The van der Waals surface area contributed by atoms with Crippen LogP contribution in [0.3, 0.4) is 0 Å². The van der Waals surface area contributed by atoms with Gasteiger partial charge in [0.2, 0.25) is 0 Å². The van der Waals surface area contributed by atoms with E-state index in [1.807, 2.05) is 13.0 Å². The Hall–Kier alpha value is -0.240. The van der Waals surface area contributed by atoms with Crippen LogP contribution >= 0.6 is 54.5 Å². The number of rotatable bonds is 2. The molecule has 2 heterocycles. The lowest BCUT2D eigenvalue weighted by Gasteiger charge is -1.97. The highest BCUT2D eigenvalue weighted by Gasteiger charge is 2.21. The van der Waals surface area contributed by atoms with Gasteiger partial charge < -0.3 is 4.74 Å². The van der Waals surface area contributed by atoms with Crippen LogP contribution in [0.25, 0.3) is 9.75 Å². The first kappa shape index (κ1) is 13.2. The number of esters is 1. The summed E-state index contributed by atoms with van der Waals surface area (Å²) in [5.41, 5.74) is 0.359. The maximum absolute atomic E-state index is 11.6. The zero-order valence-corrected chi connectivity index (χ0v) is 13.7. The number of hydrogen-bond acceptors (Lipinski definition) is 5. The van der Waals surface area contributed by atoms with Crippen LogP contribution in [0.1, 0.15) is 15.4 Å². The summed E-state index contributed by atoms with van der Waals surface area (Å²) in [4.78, 5) is 18.8.